The fourth-order valence-electron chi connectivity index (χ4n) is 2.11. The van der Waals surface area contributed by atoms with Gasteiger partial charge in [-0.1, -0.05) is 0 Å². The number of anilines is 2. The molecule has 0 bridgehead atoms. The minimum Gasteiger partial charge on any atom is -0.398 e. The minimum absolute atomic E-state index is 0.313. The zero-order chi connectivity index (χ0) is 14.4. The number of ether oxygens (including phenoxy) is 1. The number of nitrogens with zero attached hydrogens (tertiary/aromatic N) is 1. The molecule has 20 heavy (non-hydrogen) atoms. The van der Waals surface area contributed by atoms with Crippen LogP contribution in [0, 0.1) is 0 Å². The molecule has 4 heteroatoms. The van der Waals surface area contributed by atoms with Crippen molar-refractivity contribution in [3.8, 4) is 0 Å². The van der Waals surface area contributed by atoms with Gasteiger partial charge >= 0.3 is 0 Å². The molecule has 0 radical (unpaired) electrons. The van der Waals surface area contributed by atoms with Crippen LogP contribution in [0.15, 0.2) is 30.5 Å². The van der Waals surface area contributed by atoms with Crippen LogP contribution < -0.4 is 11.1 Å². The van der Waals surface area contributed by atoms with Gasteiger partial charge in [0.15, 0.2) is 0 Å². The number of fused-ring (bicyclic) bond motifs is 1. The third-order valence-corrected chi connectivity index (χ3v) is 3.14. The first-order chi connectivity index (χ1) is 9.68. The van der Waals surface area contributed by atoms with E-state index < -0.39 is 0 Å². The number of unbranched alkanes of at least 4 members (excludes halogenated alkanes) is 1. The maximum atomic E-state index is 5.96. The van der Waals surface area contributed by atoms with Crippen LogP contribution in [-0.2, 0) is 4.74 Å². The average Bonchev–Trinajstić information content (AvgIpc) is 2.45. The highest BCUT2D eigenvalue weighted by Gasteiger charge is 2.04. The predicted molar refractivity (Wildman–Crippen MR) is 85.0 cm³/mol. The molecule has 4 nitrogen and oxygen atoms in total. The number of pyridine rings is 1. The zero-order valence-electron chi connectivity index (χ0n) is 12.2. The molecule has 0 aliphatic carbocycles. The quantitative estimate of drug-likeness (QED) is 0.599. The van der Waals surface area contributed by atoms with E-state index in [0.29, 0.717) is 6.10 Å². The van der Waals surface area contributed by atoms with E-state index in [1.165, 1.54) is 0 Å². The number of hydrogen-bond acceptors (Lipinski definition) is 4. The topological polar surface area (TPSA) is 60.2 Å². The monoisotopic (exact) mass is 273 g/mol. The Balaban J connectivity index is 1.89. The standard InChI is InChI=1S/C16H23N3O/c1-12(2)20-11-4-3-9-18-15-8-7-14(17)13-6-5-10-19-16(13)15/h5-8,10,12,18H,3-4,9,11,17H2,1-2H3. The van der Waals surface area contributed by atoms with Crippen molar-refractivity contribution in [2.75, 3.05) is 24.2 Å². The van der Waals surface area contributed by atoms with Crippen molar-refractivity contribution in [3.05, 3.63) is 30.5 Å². The fraction of sp³-hybridized carbons (Fsp3) is 0.438. The SMILES string of the molecule is CC(C)OCCCCNc1ccc(N)c2cccnc12. The Labute approximate surface area is 120 Å². The number of nitrogen functional groups attached to an aromatic ring is 1. The van der Waals surface area contributed by atoms with Crippen molar-refractivity contribution in [2.45, 2.75) is 32.8 Å². The van der Waals surface area contributed by atoms with E-state index in [4.69, 9.17) is 10.5 Å². The first-order valence-corrected chi connectivity index (χ1v) is 7.17. The number of nitrogens with one attached hydrogen (secondary N) is 1. The van der Waals surface area contributed by atoms with Crippen LogP contribution in [0.25, 0.3) is 10.9 Å². The van der Waals surface area contributed by atoms with E-state index in [1.807, 2.05) is 24.3 Å². The Hall–Kier alpha value is -1.81. The molecular formula is C16H23N3O. The second kappa shape index (κ2) is 7.10. The molecule has 108 valence electrons. The van der Waals surface area contributed by atoms with Crippen LogP contribution in [0.1, 0.15) is 26.7 Å². The first-order valence-electron chi connectivity index (χ1n) is 7.17. The maximum absolute atomic E-state index is 5.96. The first kappa shape index (κ1) is 14.6. The lowest BCUT2D eigenvalue weighted by Crippen LogP contribution is -2.07. The van der Waals surface area contributed by atoms with Crippen molar-refractivity contribution < 1.29 is 4.74 Å². The van der Waals surface area contributed by atoms with E-state index >= 15 is 0 Å². The van der Waals surface area contributed by atoms with Crippen molar-refractivity contribution in [1.82, 2.24) is 4.98 Å². The van der Waals surface area contributed by atoms with Crippen LogP contribution in [0.3, 0.4) is 0 Å². The molecule has 0 saturated carbocycles. The van der Waals surface area contributed by atoms with Crippen LogP contribution in [0.4, 0.5) is 11.4 Å². The van der Waals surface area contributed by atoms with Gasteiger partial charge in [0.1, 0.15) is 0 Å². The molecule has 2 rings (SSSR count). The van der Waals surface area contributed by atoms with Gasteiger partial charge in [-0.25, -0.2) is 0 Å². The van der Waals surface area contributed by atoms with E-state index in [9.17, 15) is 0 Å². The van der Waals surface area contributed by atoms with Gasteiger partial charge in [0, 0.05) is 30.4 Å². The molecule has 0 spiro atoms. The third kappa shape index (κ3) is 3.84. The zero-order valence-corrected chi connectivity index (χ0v) is 12.2. The van der Waals surface area contributed by atoms with E-state index in [-0.39, 0.29) is 0 Å². The second-order valence-electron chi connectivity index (χ2n) is 5.16. The van der Waals surface area contributed by atoms with E-state index in [1.54, 1.807) is 6.20 Å². The lowest BCUT2D eigenvalue weighted by Gasteiger charge is -2.11. The van der Waals surface area contributed by atoms with Gasteiger partial charge in [-0.2, -0.15) is 0 Å². The molecule has 0 aliphatic rings. The summed E-state index contributed by atoms with van der Waals surface area (Å²) in [6.45, 7) is 5.85. The predicted octanol–water partition coefficient (Wildman–Crippen LogP) is 3.43. The smallest absolute Gasteiger partial charge is 0.0953 e. The van der Waals surface area contributed by atoms with Crippen LogP contribution in [0.5, 0.6) is 0 Å². The van der Waals surface area contributed by atoms with Gasteiger partial charge < -0.3 is 15.8 Å². The number of nitrogens with two attached hydrogens (primary N) is 1. The highest BCUT2D eigenvalue weighted by atomic mass is 16.5. The van der Waals surface area contributed by atoms with Crippen molar-refractivity contribution in [2.24, 2.45) is 0 Å². The molecule has 0 unspecified atom stereocenters. The summed E-state index contributed by atoms with van der Waals surface area (Å²) in [7, 11) is 0. The summed E-state index contributed by atoms with van der Waals surface area (Å²) in [4.78, 5) is 4.41. The van der Waals surface area contributed by atoms with Crippen LogP contribution in [-0.4, -0.2) is 24.2 Å². The molecule has 1 aromatic heterocycles. The number of rotatable bonds is 7. The Morgan fingerprint density at radius 2 is 2.10 bits per heavy atom. The molecular weight excluding hydrogens is 250 g/mol. The summed E-state index contributed by atoms with van der Waals surface area (Å²) >= 11 is 0. The summed E-state index contributed by atoms with van der Waals surface area (Å²) < 4.78 is 5.52. The second-order valence-corrected chi connectivity index (χ2v) is 5.16. The molecule has 1 heterocycles. The molecule has 0 atom stereocenters. The van der Waals surface area contributed by atoms with Gasteiger partial charge in [0.05, 0.1) is 17.3 Å². The summed E-state index contributed by atoms with van der Waals surface area (Å²) in [6, 6.07) is 7.83. The third-order valence-electron chi connectivity index (χ3n) is 3.14. The summed E-state index contributed by atoms with van der Waals surface area (Å²) in [5.74, 6) is 0. The highest BCUT2D eigenvalue weighted by molar-refractivity contribution is 5.98. The Kier molecular flexibility index (Phi) is 5.18. The lowest BCUT2D eigenvalue weighted by molar-refractivity contribution is 0.0765. The number of hydrogen-bond donors (Lipinski definition) is 2. The average molecular weight is 273 g/mol. The summed E-state index contributed by atoms with van der Waals surface area (Å²) in [6.07, 6.45) is 4.24. The fourth-order valence-corrected chi connectivity index (χ4v) is 2.11. The Morgan fingerprint density at radius 3 is 2.90 bits per heavy atom. The van der Waals surface area contributed by atoms with Gasteiger partial charge in [0.2, 0.25) is 0 Å². The highest BCUT2D eigenvalue weighted by Crippen LogP contribution is 2.26. The summed E-state index contributed by atoms with van der Waals surface area (Å²) in [5, 5.41) is 4.43. The van der Waals surface area contributed by atoms with Gasteiger partial charge in [-0.3, -0.25) is 4.98 Å². The lowest BCUT2D eigenvalue weighted by atomic mass is 10.1. The minimum atomic E-state index is 0.313. The van der Waals surface area contributed by atoms with Crippen molar-refractivity contribution in [1.29, 1.82) is 0 Å². The summed E-state index contributed by atoms with van der Waals surface area (Å²) in [5.41, 5.74) is 8.71. The molecule has 1 aromatic carbocycles. The number of aromatic nitrogens is 1. The molecule has 2 aromatic rings. The van der Waals surface area contributed by atoms with Crippen LogP contribution in [0.2, 0.25) is 0 Å². The molecule has 0 saturated heterocycles. The molecule has 0 aliphatic heterocycles. The van der Waals surface area contributed by atoms with Crippen LogP contribution >= 0.6 is 0 Å². The molecule has 0 amide bonds. The van der Waals surface area contributed by atoms with Gasteiger partial charge in [0.25, 0.3) is 0 Å². The van der Waals surface area contributed by atoms with E-state index in [2.05, 4.69) is 24.1 Å². The Morgan fingerprint density at radius 1 is 1.25 bits per heavy atom. The van der Waals surface area contributed by atoms with Gasteiger partial charge in [-0.05, 0) is 51.0 Å². The normalized spacial score (nSPS) is 11.2. The number of benzene rings is 1. The van der Waals surface area contributed by atoms with Crippen molar-refractivity contribution in [3.63, 3.8) is 0 Å². The van der Waals surface area contributed by atoms with Crippen molar-refractivity contribution >= 4 is 22.3 Å². The largest absolute Gasteiger partial charge is 0.398 e. The molecule has 0 fully saturated rings. The maximum Gasteiger partial charge on any atom is 0.0953 e. The molecule has 3 N–H and O–H groups in total. The Bertz CT molecular complexity index is 554. The van der Waals surface area contributed by atoms with E-state index in [0.717, 1.165) is 48.3 Å². The van der Waals surface area contributed by atoms with Gasteiger partial charge in [-0.15, -0.1) is 0 Å².